The summed E-state index contributed by atoms with van der Waals surface area (Å²) in [7, 11) is 3.45. The van der Waals surface area contributed by atoms with Crippen molar-refractivity contribution in [3.8, 4) is 5.75 Å². The van der Waals surface area contributed by atoms with Crippen LogP contribution < -0.4 is 10.5 Å². The highest BCUT2D eigenvalue weighted by molar-refractivity contribution is 5.82. The number of nitrogens with two attached hydrogens (primary N) is 1. The summed E-state index contributed by atoms with van der Waals surface area (Å²) in [5.41, 5.74) is 7.37. The van der Waals surface area contributed by atoms with Crippen LogP contribution in [0.1, 0.15) is 5.56 Å². The number of ether oxygens (including phenoxy) is 1. The molecule has 1 aliphatic heterocycles. The van der Waals surface area contributed by atoms with Crippen LogP contribution >= 0.6 is 0 Å². The van der Waals surface area contributed by atoms with Crippen LogP contribution in [0.25, 0.3) is 0 Å². The summed E-state index contributed by atoms with van der Waals surface area (Å²) in [5.74, 6) is 0.758. The summed E-state index contributed by atoms with van der Waals surface area (Å²) < 4.78 is 5.54. The zero-order valence-corrected chi connectivity index (χ0v) is 8.86. The Bertz CT molecular complexity index is 402. The smallest absolute Gasteiger partial charge is 0.263 e. The molecule has 0 aromatic heterocycles. The Morgan fingerprint density at radius 2 is 2.27 bits per heavy atom. The molecule has 1 heterocycles. The van der Waals surface area contributed by atoms with Gasteiger partial charge in [-0.25, -0.2) is 0 Å². The normalized spacial score (nSPS) is 18.1. The Labute approximate surface area is 88.6 Å². The molecule has 4 nitrogen and oxygen atoms in total. The van der Waals surface area contributed by atoms with Crippen LogP contribution in [0, 0.1) is 0 Å². The average molecular weight is 206 g/mol. The molecule has 1 aliphatic rings. The first-order valence-corrected chi connectivity index (χ1v) is 4.84. The molecule has 1 aromatic carbocycles. The van der Waals surface area contributed by atoms with Crippen molar-refractivity contribution in [1.29, 1.82) is 0 Å². The molecule has 0 bridgehead atoms. The van der Waals surface area contributed by atoms with Gasteiger partial charge >= 0.3 is 0 Å². The zero-order chi connectivity index (χ0) is 11.0. The molecule has 0 aliphatic carbocycles. The van der Waals surface area contributed by atoms with Gasteiger partial charge in [0.05, 0.1) is 0 Å². The molecule has 0 spiro atoms. The van der Waals surface area contributed by atoms with E-state index in [0.717, 1.165) is 11.3 Å². The van der Waals surface area contributed by atoms with Crippen molar-refractivity contribution < 1.29 is 9.53 Å². The summed E-state index contributed by atoms with van der Waals surface area (Å²) in [5, 5.41) is 0. The maximum Gasteiger partial charge on any atom is 0.263 e. The molecule has 0 fully saturated rings. The lowest BCUT2D eigenvalue weighted by Gasteiger charge is -2.15. The van der Waals surface area contributed by atoms with Gasteiger partial charge in [-0.15, -0.1) is 0 Å². The largest absolute Gasteiger partial charge is 0.480 e. The number of carbonyl (C=O) groups is 1. The van der Waals surface area contributed by atoms with Gasteiger partial charge in [0.1, 0.15) is 5.75 Å². The van der Waals surface area contributed by atoms with Crippen molar-refractivity contribution in [2.75, 3.05) is 19.8 Å². The van der Waals surface area contributed by atoms with Gasteiger partial charge in [-0.3, -0.25) is 4.79 Å². The molecule has 0 saturated carbocycles. The van der Waals surface area contributed by atoms with E-state index < -0.39 is 6.10 Å². The van der Waals surface area contributed by atoms with Crippen LogP contribution in [-0.2, 0) is 11.2 Å². The number of nitrogens with zero attached hydrogens (tertiary/aromatic N) is 1. The lowest BCUT2D eigenvalue weighted by molar-refractivity contribution is -0.135. The predicted octanol–water partition coefficient (Wildman–Crippen LogP) is 0.660. The summed E-state index contributed by atoms with van der Waals surface area (Å²) in [6.07, 6.45) is 0.217. The van der Waals surface area contributed by atoms with Gasteiger partial charge in [-0.1, -0.05) is 0 Å². The minimum Gasteiger partial charge on any atom is -0.480 e. The van der Waals surface area contributed by atoms with Crippen LogP contribution in [0.5, 0.6) is 5.75 Å². The fraction of sp³-hybridized carbons (Fsp3) is 0.364. The third kappa shape index (κ3) is 1.75. The minimum absolute atomic E-state index is 0.00947. The molecule has 1 amide bonds. The van der Waals surface area contributed by atoms with Crippen LogP contribution in [-0.4, -0.2) is 31.0 Å². The Morgan fingerprint density at radius 3 is 2.93 bits per heavy atom. The van der Waals surface area contributed by atoms with E-state index in [1.54, 1.807) is 25.1 Å². The summed E-state index contributed by atoms with van der Waals surface area (Å²) >= 11 is 0. The van der Waals surface area contributed by atoms with E-state index in [4.69, 9.17) is 10.5 Å². The highest BCUT2D eigenvalue weighted by Crippen LogP contribution is 2.30. The van der Waals surface area contributed by atoms with E-state index in [2.05, 4.69) is 0 Å². The number of rotatable bonds is 1. The third-order valence-electron chi connectivity index (χ3n) is 2.48. The molecule has 4 heteroatoms. The topological polar surface area (TPSA) is 55.6 Å². The highest BCUT2D eigenvalue weighted by Gasteiger charge is 2.29. The van der Waals surface area contributed by atoms with Crippen molar-refractivity contribution in [1.82, 2.24) is 4.90 Å². The number of benzene rings is 1. The van der Waals surface area contributed by atoms with Gasteiger partial charge in [0, 0.05) is 31.8 Å². The first-order valence-electron chi connectivity index (χ1n) is 4.84. The summed E-state index contributed by atoms with van der Waals surface area (Å²) in [6, 6.07) is 5.45. The Balaban J connectivity index is 2.19. The maximum atomic E-state index is 11.7. The number of nitrogen functional groups attached to an aromatic ring is 1. The van der Waals surface area contributed by atoms with E-state index in [-0.39, 0.29) is 5.91 Å². The SMILES string of the molecule is CN(C)C(=O)C1Cc2cc(N)ccc2O1. The van der Waals surface area contributed by atoms with Crippen LogP contribution in [0.4, 0.5) is 5.69 Å². The zero-order valence-electron chi connectivity index (χ0n) is 8.86. The van der Waals surface area contributed by atoms with Crippen molar-refractivity contribution in [2.45, 2.75) is 12.5 Å². The molecule has 1 atom stereocenters. The third-order valence-corrected chi connectivity index (χ3v) is 2.48. The van der Waals surface area contributed by atoms with Crippen molar-refractivity contribution in [2.24, 2.45) is 0 Å². The summed E-state index contributed by atoms with van der Waals surface area (Å²) in [4.78, 5) is 13.2. The molecule has 2 rings (SSSR count). The van der Waals surface area contributed by atoms with Gasteiger partial charge in [0.25, 0.3) is 5.91 Å². The standard InChI is InChI=1S/C11H14N2O2/c1-13(2)11(14)10-6-7-5-8(12)3-4-9(7)15-10/h3-5,10H,6,12H2,1-2H3. The second kappa shape index (κ2) is 3.46. The first kappa shape index (κ1) is 9.83. The maximum absolute atomic E-state index is 11.7. The molecular formula is C11H14N2O2. The minimum atomic E-state index is -0.392. The number of anilines is 1. The molecular weight excluding hydrogens is 192 g/mol. The number of likely N-dealkylation sites (N-methyl/N-ethyl adjacent to an activating group) is 1. The van der Waals surface area contributed by atoms with E-state index in [1.165, 1.54) is 0 Å². The molecule has 0 saturated heterocycles. The number of amides is 1. The highest BCUT2D eigenvalue weighted by atomic mass is 16.5. The van der Waals surface area contributed by atoms with Crippen molar-refractivity contribution >= 4 is 11.6 Å². The van der Waals surface area contributed by atoms with E-state index in [1.807, 2.05) is 12.1 Å². The molecule has 15 heavy (non-hydrogen) atoms. The van der Waals surface area contributed by atoms with Crippen LogP contribution in [0.15, 0.2) is 18.2 Å². The quantitative estimate of drug-likeness (QED) is 0.687. The van der Waals surface area contributed by atoms with Crippen LogP contribution in [0.2, 0.25) is 0 Å². The van der Waals surface area contributed by atoms with E-state index in [9.17, 15) is 4.79 Å². The first-order chi connectivity index (χ1) is 7.08. The van der Waals surface area contributed by atoms with Gasteiger partial charge in [-0.05, 0) is 18.2 Å². The molecule has 80 valence electrons. The fourth-order valence-corrected chi connectivity index (χ4v) is 1.69. The van der Waals surface area contributed by atoms with Gasteiger partial charge in [0.2, 0.25) is 0 Å². The number of hydrogen-bond acceptors (Lipinski definition) is 3. The lowest BCUT2D eigenvalue weighted by Crippen LogP contribution is -2.36. The monoisotopic (exact) mass is 206 g/mol. The number of hydrogen-bond donors (Lipinski definition) is 1. The predicted molar refractivity (Wildman–Crippen MR) is 57.7 cm³/mol. The Kier molecular flexibility index (Phi) is 2.26. The number of carbonyl (C=O) groups excluding carboxylic acids is 1. The fourth-order valence-electron chi connectivity index (χ4n) is 1.69. The molecule has 1 unspecified atom stereocenters. The van der Waals surface area contributed by atoms with E-state index >= 15 is 0 Å². The van der Waals surface area contributed by atoms with Gasteiger partial charge < -0.3 is 15.4 Å². The Morgan fingerprint density at radius 1 is 1.53 bits per heavy atom. The second-order valence-corrected chi connectivity index (χ2v) is 3.91. The molecule has 0 radical (unpaired) electrons. The Hall–Kier alpha value is -1.71. The second-order valence-electron chi connectivity index (χ2n) is 3.91. The van der Waals surface area contributed by atoms with Gasteiger partial charge in [0.15, 0.2) is 6.10 Å². The lowest BCUT2D eigenvalue weighted by atomic mass is 10.1. The van der Waals surface area contributed by atoms with Crippen LogP contribution in [0.3, 0.4) is 0 Å². The molecule has 1 aromatic rings. The van der Waals surface area contributed by atoms with Crippen molar-refractivity contribution in [3.05, 3.63) is 23.8 Å². The van der Waals surface area contributed by atoms with E-state index in [0.29, 0.717) is 12.1 Å². The van der Waals surface area contributed by atoms with Crippen molar-refractivity contribution in [3.63, 3.8) is 0 Å². The number of fused-ring (bicyclic) bond motifs is 1. The average Bonchev–Trinajstić information content (AvgIpc) is 2.58. The summed E-state index contributed by atoms with van der Waals surface area (Å²) in [6.45, 7) is 0. The van der Waals surface area contributed by atoms with Gasteiger partial charge in [-0.2, -0.15) is 0 Å². The molecule has 2 N–H and O–H groups in total.